The number of fused-ring (bicyclic) bond motifs is 1. The fraction of sp³-hybridized carbons (Fsp3) is 0.500. The molecule has 0 spiro atoms. The molecule has 22 heavy (non-hydrogen) atoms. The van der Waals surface area contributed by atoms with Gasteiger partial charge < -0.3 is 15.0 Å². The Morgan fingerprint density at radius 2 is 2.36 bits per heavy atom. The molecule has 1 saturated heterocycles. The largest absolute Gasteiger partial charge is 0.379 e. The quantitative estimate of drug-likeness (QED) is 0.943. The fourth-order valence-corrected chi connectivity index (χ4v) is 4.00. The van der Waals surface area contributed by atoms with E-state index in [0.717, 1.165) is 57.2 Å². The van der Waals surface area contributed by atoms with Gasteiger partial charge in [0.15, 0.2) is 0 Å². The predicted molar refractivity (Wildman–Crippen MR) is 88.6 cm³/mol. The van der Waals surface area contributed by atoms with E-state index in [1.54, 1.807) is 6.33 Å². The lowest BCUT2D eigenvalue weighted by Crippen LogP contribution is -2.32. The van der Waals surface area contributed by atoms with Crippen LogP contribution in [0.1, 0.15) is 23.3 Å². The first-order valence-electron chi connectivity index (χ1n) is 7.85. The first-order chi connectivity index (χ1) is 10.9. The number of hydrogen-bond acceptors (Lipinski definition) is 6. The second-order valence-corrected chi connectivity index (χ2v) is 6.86. The molecule has 116 valence electrons. The van der Waals surface area contributed by atoms with Gasteiger partial charge in [0.1, 0.15) is 18.0 Å². The smallest absolute Gasteiger partial charge is 0.134 e. The molecule has 0 aliphatic carbocycles. The molecule has 1 N–H and O–H groups in total. The number of rotatable bonds is 3. The maximum absolute atomic E-state index is 5.52. The van der Waals surface area contributed by atoms with Crippen LogP contribution in [-0.4, -0.2) is 35.8 Å². The Morgan fingerprint density at radius 3 is 3.27 bits per heavy atom. The van der Waals surface area contributed by atoms with Crippen molar-refractivity contribution < 1.29 is 4.74 Å². The van der Waals surface area contributed by atoms with Crippen molar-refractivity contribution >= 4 is 23.0 Å². The van der Waals surface area contributed by atoms with Crippen molar-refractivity contribution in [1.29, 1.82) is 0 Å². The summed E-state index contributed by atoms with van der Waals surface area (Å²) < 4.78 is 5.52. The van der Waals surface area contributed by atoms with Crippen molar-refractivity contribution in [2.45, 2.75) is 31.8 Å². The molecule has 0 radical (unpaired) electrons. The van der Waals surface area contributed by atoms with Gasteiger partial charge in [-0.05, 0) is 36.3 Å². The molecular formula is C16H20N4OS. The molecule has 2 aromatic rings. The summed E-state index contributed by atoms with van der Waals surface area (Å²) in [5, 5.41) is 5.66. The highest BCUT2D eigenvalue weighted by molar-refractivity contribution is 7.10. The molecule has 0 amide bonds. The summed E-state index contributed by atoms with van der Waals surface area (Å²) in [6, 6.07) is 4.65. The van der Waals surface area contributed by atoms with Gasteiger partial charge in [-0.3, -0.25) is 0 Å². The van der Waals surface area contributed by atoms with Gasteiger partial charge in [-0.25, -0.2) is 9.97 Å². The van der Waals surface area contributed by atoms with Crippen LogP contribution in [0.15, 0.2) is 23.8 Å². The van der Waals surface area contributed by atoms with Crippen molar-refractivity contribution in [1.82, 2.24) is 9.97 Å². The van der Waals surface area contributed by atoms with E-state index in [9.17, 15) is 0 Å². The number of ether oxygens (including phenoxy) is 1. The number of thiophene rings is 1. The summed E-state index contributed by atoms with van der Waals surface area (Å²) in [5.74, 6) is 1.91. The van der Waals surface area contributed by atoms with Crippen LogP contribution >= 0.6 is 11.3 Å². The fourth-order valence-electron chi connectivity index (χ4n) is 3.11. The highest BCUT2D eigenvalue weighted by atomic mass is 32.1. The monoisotopic (exact) mass is 316 g/mol. The molecule has 4 rings (SSSR count). The highest BCUT2D eigenvalue weighted by Crippen LogP contribution is 2.27. The van der Waals surface area contributed by atoms with E-state index in [0.29, 0.717) is 6.04 Å². The van der Waals surface area contributed by atoms with Crippen LogP contribution in [0.2, 0.25) is 0 Å². The summed E-state index contributed by atoms with van der Waals surface area (Å²) in [6.45, 7) is 3.61. The highest BCUT2D eigenvalue weighted by Gasteiger charge is 2.19. The summed E-state index contributed by atoms with van der Waals surface area (Å²) >= 11 is 1.86. The molecule has 5 nitrogen and oxygen atoms in total. The minimum atomic E-state index is 0.362. The van der Waals surface area contributed by atoms with E-state index in [1.165, 1.54) is 10.4 Å². The third-order valence-electron chi connectivity index (χ3n) is 4.30. The summed E-state index contributed by atoms with van der Waals surface area (Å²) in [5.41, 5.74) is 1.44. The third-order valence-corrected chi connectivity index (χ3v) is 5.32. The van der Waals surface area contributed by atoms with Crippen LogP contribution in [0.25, 0.3) is 0 Å². The minimum absolute atomic E-state index is 0.362. The lowest BCUT2D eigenvalue weighted by molar-refractivity contribution is 0.0875. The predicted octanol–water partition coefficient (Wildman–Crippen LogP) is 2.69. The normalized spacial score (nSPS) is 21.5. The van der Waals surface area contributed by atoms with Gasteiger partial charge in [-0.15, -0.1) is 11.3 Å². The van der Waals surface area contributed by atoms with E-state index in [2.05, 4.69) is 37.7 Å². The van der Waals surface area contributed by atoms with Crippen LogP contribution in [-0.2, 0) is 17.7 Å². The molecule has 2 aliphatic rings. The number of anilines is 2. The van der Waals surface area contributed by atoms with Crippen LogP contribution in [0.3, 0.4) is 0 Å². The Hall–Kier alpha value is -1.66. The zero-order valence-corrected chi connectivity index (χ0v) is 13.3. The van der Waals surface area contributed by atoms with Crippen LogP contribution in [0.5, 0.6) is 0 Å². The van der Waals surface area contributed by atoms with Gasteiger partial charge in [-0.1, -0.05) is 0 Å². The van der Waals surface area contributed by atoms with Crippen molar-refractivity contribution in [3.63, 3.8) is 0 Å². The van der Waals surface area contributed by atoms with Crippen molar-refractivity contribution in [2.24, 2.45) is 0 Å². The first kappa shape index (κ1) is 14.0. The molecule has 0 bridgehead atoms. The van der Waals surface area contributed by atoms with Crippen LogP contribution < -0.4 is 10.2 Å². The number of nitrogens with one attached hydrogen (secondary N) is 1. The molecule has 6 heteroatoms. The SMILES string of the molecule is c1nc(N[C@@H]2CCCOC2)cc(N2CCc3sccc3C2)n1. The third kappa shape index (κ3) is 2.94. The molecule has 2 aliphatic heterocycles. The first-order valence-corrected chi connectivity index (χ1v) is 8.73. The molecule has 4 heterocycles. The van der Waals surface area contributed by atoms with Gasteiger partial charge in [0.25, 0.3) is 0 Å². The Kier molecular flexibility index (Phi) is 3.95. The molecule has 0 unspecified atom stereocenters. The Labute approximate surface area is 134 Å². The van der Waals surface area contributed by atoms with Crippen LogP contribution in [0, 0.1) is 0 Å². The van der Waals surface area contributed by atoms with Gasteiger partial charge in [0.05, 0.1) is 12.6 Å². The molecule has 1 fully saturated rings. The second-order valence-electron chi connectivity index (χ2n) is 5.86. The maximum atomic E-state index is 5.52. The second kappa shape index (κ2) is 6.22. The maximum Gasteiger partial charge on any atom is 0.134 e. The Morgan fingerprint density at radius 1 is 1.36 bits per heavy atom. The minimum Gasteiger partial charge on any atom is -0.379 e. The number of nitrogens with zero attached hydrogens (tertiary/aromatic N) is 3. The van der Waals surface area contributed by atoms with E-state index in [1.807, 2.05) is 11.3 Å². The summed E-state index contributed by atoms with van der Waals surface area (Å²) in [6.07, 6.45) is 5.02. The lowest BCUT2D eigenvalue weighted by atomic mass is 10.1. The molecular weight excluding hydrogens is 296 g/mol. The molecule has 2 aromatic heterocycles. The van der Waals surface area contributed by atoms with E-state index >= 15 is 0 Å². The molecule has 0 aromatic carbocycles. The number of hydrogen-bond donors (Lipinski definition) is 1. The van der Waals surface area contributed by atoms with Gasteiger partial charge in [0.2, 0.25) is 0 Å². The number of aromatic nitrogens is 2. The van der Waals surface area contributed by atoms with Crippen LogP contribution in [0.4, 0.5) is 11.6 Å². The van der Waals surface area contributed by atoms with Gasteiger partial charge >= 0.3 is 0 Å². The van der Waals surface area contributed by atoms with E-state index < -0.39 is 0 Å². The van der Waals surface area contributed by atoms with Crippen molar-refractivity contribution in [3.8, 4) is 0 Å². The Bertz CT molecular complexity index is 639. The standard InChI is InChI=1S/C16H20N4OS/c1-2-13(10-21-6-1)19-15-8-16(18-11-17-15)20-5-3-14-12(9-20)4-7-22-14/h4,7-8,11,13H,1-3,5-6,9-10H2,(H,17,18,19)/t13-/m1/s1. The van der Waals surface area contributed by atoms with Gasteiger partial charge in [0, 0.05) is 30.6 Å². The van der Waals surface area contributed by atoms with Gasteiger partial charge in [-0.2, -0.15) is 0 Å². The zero-order chi connectivity index (χ0) is 14.8. The molecule has 0 saturated carbocycles. The molecule has 1 atom stereocenters. The van der Waals surface area contributed by atoms with Crippen molar-refractivity contribution in [2.75, 3.05) is 30.0 Å². The van der Waals surface area contributed by atoms with Crippen molar-refractivity contribution in [3.05, 3.63) is 34.3 Å². The topological polar surface area (TPSA) is 50.3 Å². The average molecular weight is 316 g/mol. The summed E-state index contributed by atoms with van der Waals surface area (Å²) in [7, 11) is 0. The summed E-state index contributed by atoms with van der Waals surface area (Å²) in [4.78, 5) is 12.7. The zero-order valence-electron chi connectivity index (χ0n) is 12.5. The Balaban J connectivity index is 1.47. The van der Waals surface area contributed by atoms with E-state index in [4.69, 9.17) is 4.74 Å². The average Bonchev–Trinajstić information content (AvgIpc) is 3.04. The van der Waals surface area contributed by atoms with E-state index in [-0.39, 0.29) is 0 Å². The lowest BCUT2D eigenvalue weighted by Gasteiger charge is -2.28.